The number of rotatable bonds is 7. The average Bonchev–Trinajstić information content (AvgIpc) is 3.28. The predicted molar refractivity (Wildman–Crippen MR) is 90.8 cm³/mol. The molecule has 0 saturated heterocycles. The Bertz CT molecular complexity index is 704. The van der Waals surface area contributed by atoms with Gasteiger partial charge in [0.2, 0.25) is 5.91 Å². The van der Waals surface area contributed by atoms with Crippen LogP contribution >= 0.6 is 0 Å². The maximum absolute atomic E-state index is 12.9. The molecule has 1 saturated carbocycles. The highest BCUT2D eigenvalue weighted by Gasteiger charge is 2.51. The lowest BCUT2D eigenvalue weighted by molar-refractivity contribution is -0.124. The van der Waals surface area contributed by atoms with Gasteiger partial charge in [0.1, 0.15) is 12.1 Å². The maximum atomic E-state index is 12.9. The third kappa shape index (κ3) is 3.00. The molecule has 1 aliphatic carbocycles. The minimum atomic E-state index is -0.407. The van der Waals surface area contributed by atoms with Crippen LogP contribution in [0.15, 0.2) is 30.6 Å². The topological polar surface area (TPSA) is 69.0 Å². The summed E-state index contributed by atoms with van der Waals surface area (Å²) in [7, 11) is 1.64. The zero-order valence-corrected chi connectivity index (χ0v) is 14.5. The van der Waals surface area contributed by atoms with Crippen molar-refractivity contribution in [3.8, 4) is 5.75 Å². The number of hydrogen-bond donors (Lipinski definition) is 1. The summed E-state index contributed by atoms with van der Waals surface area (Å²) >= 11 is 0. The number of aromatic nitrogens is 3. The van der Waals surface area contributed by atoms with E-state index in [1.165, 1.54) is 0 Å². The van der Waals surface area contributed by atoms with Crippen molar-refractivity contribution in [2.24, 2.45) is 0 Å². The number of ether oxygens (including phenoxy) is 1. The van der Waals surface area contributed by atoms with Crippen LogP contribution in [0.3, 0.4) is 0 Å². The van der Waals surface area contributed by atoms with Gasteiger partial charge in [-0.1, -0.05) is 19.1 Å². The second-order valence-electron chi connectivity index (χ2n) is 6.39. The maximum Gasteiger partial charge on any atom is 0.231 e. The van der Waals surface area contributed by atoms with Gasteiger partial charge in [0.25, 0.3) is 0 Å². The van der Waals surface area contributed by atoms with Crippen LogP contribution in [0, 0.1) is 0 Å². The van der Waals surface area contributed by atoms with E-state index in [0.29, 0.717) is 0 Å². The Labute approximate surface area is 142 Å². The van der Waals surface area contributed by atoms with Crippen molar-refractivity contribution in [3.05, 3.63) is 42.0 Å². The molecule has 1 aromatic carbocycles. The first-order valence-corrected chi connectivity index (χ1v) is 8.44. The van der Waals surface area contributed by atoms with Crippen molar-refractivity contribution in [2.45, 2.75) is 51.1 Å². The number of benzene rings is 1. The SMILES string of the molecule is CCCn1cnnc1[C@H](C)NC(=O)C1(c2ccc(OC)cc2)CC1. The summed E-state index contributed by atoms with van der Waals surface area (Å²) in [5, 5.41) is 11.3. The molecule has 1 aliphatic rings. The summed E-state index contributed by atoms with van der Waals surface area (Å²) in [5.74, 6) is 1.66. The Kier molecular flexibility index (Phi) is 4.55. The van der Waals surface area contributed by atoms with Crippen molar-refractivity contribution in [2.75, 3.05) is 7.11 Å². The van der Waals surface area contributed by atoms with Gasteiger partial charge in [0.05, 0.1) is 18.6 Å². The molecule has 1 amide bonds. The standard InChI is InChI=1S/C18H24N4O2/c1-4-11-22-12-19-21-16(22)13(2)20-17(23)18(9-10-18)14-5-7-15(24-3)8-6-14/h5-8,12-13H,4,9-11H2,1-3H3,(H,20,23)/t13-/m0/s1. The molecular formula is C18H24N4O2. The number of nitrogens with zero attached hydrogens (tertiary/aromatic N) is 3. The summed E-state index contributed by atoms with van der Waals surface area (Å²) in [6, 6.07) is 7.61. The molecular weight excluding hydrogens is 304 g/mol. The monoisotopic (exact) mass is 328 g/mol. The highest BCUT2D eigenvalue weighted by atomic mass is 16.5. The summed E-state index contributed by atoms with van der Waals surface area (Å²) in [5.41, 5.74) is 0.638. The van der Waals surface area contributed by atoms with E-state index >= 15 is 0 Å². The van der Waals surface area contributed by atoms with Gasteiger partial charge in [-0.25, -0.2) is 0 Å². The molecule has 128 valence electrons. The molecule has 6 nitrogen and oxygen atoms in total. The van der Waals surface area contributed by atoms with E-state index in [1.54, 1.807) is 13.4 Å². The molecule has 0 radical (unpaired) electrons. The number of carbonyl (C=O) groups is 1. The van der Waals surface area contributed by atoms with Gasteiger partial charge in [-0.05, 0) is 43.9 Å². The Balaban J connectivity index is 1.72. The molecule has 0 unspecified atom stereocenters. The lowest BCUT2D eigenvalue weighted by atomic mass is 9.94. The van der Waals surface area contributed by atoms with Crippen molar-refractivity contribution < 1.29 is 9.53 Å². The normalized spacial score (nSPS) is 16.5. The summed E-state index contributed by atoms with van der Waals surface area (Å²) < 4.78 is 7.19. The van der Waals surface area contributed by atoms with E-state index < -0.39 is 5.41 Å². The summed E-state index contributed by atoms with van der Waals surface area (Å²) in [4.78, 5) is 12.9. The van der Waals surface area contributed by atoms with Crippen molar-refractivity contribution >= 4 is 5.91 Å². The van der Waals surface area contributed by atoms with E-state index in [9.17, 15) is 4.79 Å². The van der Waals surface area contributed by atoms with Gasteiger partial charge in [-0.3, -0.25) is 4.79 Å². The van der Waals surface area contributed by atoms with Crippen LogP contribution < -0.4 is 10.1 Å². The van der Waals surface area contributed by atoms with Crippen LogP contribution in [0.5, 0.6) is 5.75 Å². The summed E-state index contributed by atoms with van der Waals surface area (Å²) in [6.07, 6.45) is 4.47. The summed E-state index contributed by atoms with van der Waals surface area (Å²) in [6.45, 7) is 4.92. The Morgan fingerprint density at radius 3 is 2.67 bits per heavy atom. The van der Waals surface area contributed by atoms with Gasteiger partial charge in [-0.15, -0.1) is 10.2 Å². The number of nitrogens with one attached hydrogen (secondary N) is 1. The zero-order valence-electron chi connectivity index (χ0n) is 14.5. The minimum Gasteiger partial charge on any atom is -0.497 e. The molecule has 1 aromatic heterocycles. The van der Waals surface area contributed by atoms with Crippen LogP contribution in [-0.2, 0) is 16.8 Å². The molecule has 0 spiro atoms. The van der Waals surface area contributed by atoms with Crippen molar-refractivity contribution in [1.29, 1.82) is 0 Å². The smallest absolute Gasteiger partial charge is 0.231 e. The van der Waals surface area contributed by atoms with Crippen molar-refractivity contribution in [3.63, 3.8) is 0 Å². The van der Waals surface area contributed by atoms with Crippen LogP contribution in [-0.4, -0.2) is 27.8 Å². The third-order valence-electron chi connectivity index (χ3n) is 4.67. The first-order chi connectivity index (χ1) is 11.6. The van der Waals surface area contributed by atoms with E-state index in [1.807, 2.05) is 35.8 Å². The van der Waals surface area contributed by atoms with Crippen LogP contribution in [0.1, 0.15) is 50.5 Å². The largest absolute Gasteiger partial charge is 0.497 e. The molecule has 1 fully saturated rings. The molecule has 1 atom stereocenters. The zero-order chi connectivity index (χ0) is 17.2. The average molecular weight is 328 g/mol. The Morgan fingerprint density at radius 2 is 2.08 bits per heavy atom. The number of carbonyl (C=O) groups excluding carboxylic acids is 1. The quantitative estimate of drug-likeness (QED) is 0.848. The second kappa shape index (κ2) is 6.63. The highest BCUT2D eigenvalue weighted by molar-refractivity contribution is 5.91. The van der Waals surface area contributed by atoms with Gasteiger partial charge in [-0.2, -0.15) is 0 Å². The van der Waals surface area contributed by atoms with Crippen molar-refractivity contribution in [1.82, 2.24) is 20.1 Å². The molecule has 2 aromatic rings. The van der Waals surface area contributed by atoms with E-state index in [-0.39, 0.29) is 11.9 Å². The van der Waals surface area contributed by atoms with Gasteiger partial charge in [0.15, 0.2) is 5.82 Å². The van der Waals surface area contributed by atoms with Gasteiger partial charge >= 0.3 is 0 Å². The molecule has 24 heavy (non-hydrogen) atoms. The lowest BCUT2D eigenvalue weighted by Gasteiger charge is -2.20. The van der Waals surface area contributed by atoms with Gasteiger partial charge in [0, 0.05) is 6.54 Å². The van der Waals surface area contributed by atoms with Gasteiger partial charge < -0.3 is 14.6 Å². The van der Waals surface area contributed by atoms with Crippen LogP contribution in [0.2, 0.25) is 0 Å². The lowest BCUT2D eigenvalue weighted by Crippen LogP contribution is -2.37. The highest BCUT2D eigenvalue weighted by Crippen LogP contribution is 2.49. The number of aryl methyl sites for hydroxylation is 1. The molecule has 0 bridgehead atoms. The first-order valence-electron chi connectivity index (χ1n) is 8.44. The van der Waals surface area contributed by atoms with Crippen LogP contribution in [0.25, 0.3) is 0 Å². The van der Waals surface area contributed by atoms with E-state index in [4.69, 9.17) is 4.74 Å². The minimum absolute atomic E-state index is 0.0613. The van der Waals surface area contributed by atoms with E-state index in [0.717, 1.165) is 42.9 Å². The number of amides is 1. The van der Waals surface area contributed by atoms with E-state index in [2.05, 4.69) is 22.4 Å². The molecule has 1 heterocycles. The third-order valence-corrected chi connectivity index (χ3v) is 4.67. The predicted octanol–water partition coefficient (Wildman–Crippen LogP) is 2.61. The Hall–Kier alpha value is -2.37. The molecule has 6 heteroatoms. The Morgan fingerprint density at radius 1 is 1.38 bits per heavy atom. The fourth-order valence-electron chi connectivity index (χ4n) is 3.09. The number of methoxy groups -OCH3 is 1. The number of hydrogen-bond acceptors (Lipinski definition) is 4. The first kappa shape index (κ1) is 16.5. The molecule has 0 aliphatic heterocycles. The molecule has 1 N–H and O–H groups in total. The van der Waals surface area contributed by atoms with Crippen LogP contribution in [0.4, 0.5) is 0 Å². The molecule has 3 rings (SSSR count). The fourth-order valence-corrected chi connectivity index (χ4v) is 3.09. The second-order valence-corrected chi connectivity index (χ2v) is 6.39. The fraction of sp³-hybridized carbons (Fsp3) is 0.500.